The van der Waals surface area contributed by atoms with Crippen LogP contribution in [0.25, 0.3) is 0 Å². The molecule has 214 valence electrons. The van der Waals surface area contributed by atoms with Gasteiger partial charge in [0.15, 0.2) is 0 Å². The van der Waals surface area contributed by atoms with Crippen LogP contribution in [-0.4, -0.2) is 102 Å². The lowest BCUT2D eigenvalue weighted by molar-refractivity contribution is -0.129. The quantitative estimate of drug-likeness (QED) is 0.578. The molecule has 1 aromatic heterocycles. The Bertz CT molecular complexity index is 1310. The van der Waals surface area contributed by atoms with Crippen LogP contribution in [0.2, 0.25) is 0 Å². The molecule has 40 heavy (non-hydrogen) atoms. The number of aryl methyl sites for hydroxylation is 1. The molecule has 1 N–H and O–H groups in total. The number of aromatic nitrogens is 2. The average Bonchev–Trinajstić information content (AvgIpc) is 3.77. The van der Waals surface area contributed by atoms with Crippen molar-refractivity contribution < 1.29 is 14.3 Å². The minimum atomic E-state index is -0.313. The van der Waals surface area contributed by atoms with Gasteiger partial charge in [-0.05, 0) is 43.5 Å². The molecule has 4 aliphatic heterocycles. The molecule has 3 fully saturated rings. The predicted molar refractivity (Wildman–Crippen MR) is 152 cm³/mol. The molecule has 0 spiro atoms. The third-order valence-corrected chi connectivity index (χ3v) is 9.18. The van der Waals surface area contributed by atoms with E-state index in [1.807, 2.05) is 4.90 Å². The number of hydrogen-bond donors (Lipinski definition) is 1. The van der Waals surface area contributed by atoms with Gasteiger partial charge >= 0.3 is 5.69 Å². The van der Waals surface area contributed by atoms with E-state index >= 15 is 0 Å². The summed E-state index contributed by atoms with van der Waals surface area (Å²) in [4.78, 5) is 41.1. The summed E-state index contributed by atoms with van der Waals surface area (Å²) in [7, 11) is 3.91. The molecule has 5 heterocycles. The summed E-state index contributed by atoms with van der Waals surface area (Å²) in [6.07, 6.45) is 5.26. The van der Waals surface area contributed by atoms with E-state index in [1.165, 1.54) is 30.2 Å². The van der Waals surface area contributed by atoms with E-state index in [9.17, 15) is 9.59 Å². The van der Waals surface area contributed by atoms with Gasteiger partial charge in [0.05, 0.1) is 31.4 Å². The zero-order valence-corrected chi connectivity index (χ0v) is 23.6. The number of carbonyl (C=O) groups excluding carboxylic acids is 1. The number of carbonyl (C=O) groups is 1. The Morgan fingerprint density at radius 2 is 1.98 bits per heavy atom. The Morgan fingerprint density at radius 1 is 1.15 bits per heavy atom. The number of likely N-dealkylation sites (tertiary alicyclic amines) is 1. The third kappa shape index (κ3) is 5.09. The average molecular weight is 549 g/mol. The number of hydrogen-bond acceptors (Lipinski definition) is 8. The number of H-pyrrole nitrogens is 1. The van der Waals surface area contributed by atoms with Gasteiger partial charge in [0.1, 0.15) is 5.82 Å². The zero-order valence-electron chi connectivity index (χ0n) is 23.6. The number of anilines is 1. The van der Waals surface area contributed by atoms with Crippen molar-refractivity contribution in [3.8, 4) is 0 Å². The van der Waals surface area contributed by atoms with E-state index in [0.29, 0.717) is 38.4 Å². The van der Waals surface area contributed by atoms with Gasteiger partial charge in [-0.25, -0.2) is 4.79 Å². The van der Waals surface area contributed by atoms with Gasteiger partial charge in [-0.3, -0.25) is 9.69 Å². The van der Waals surface area contributed by atoms with Crippen LogP contribution in [0.3, 0.4) is 0 Å². The van der Waals surface area contributed by atoms with Crippen LogP contribution in [0, 0.1) is 0 Å². The van der Waals surface area contributed by atoms with Crippen molar-refractivity contribution in [2.75, 3.05) is 58.5 Å². The zero-order chi connectivity index (χ0) is 27.8. The minimum Gasteiger partial charge on any atom is -0.380 e. The van der Waals surface area contributed by atoms with Crippen LogP contribution in [-0.2, 0) is 33.8 Å². The Balaban J connectivity index is 0.000000313. The second-order valence-electron chi connectivity index (χ2n) is 11.5. The van der Waals surface area contributed by atoms with Crippen LogP contribution in [0.15, 0.2) is 41.7 Å². The number of aromatic amines is 1. The topological polar surface area (TPSA) is 94.2 Å². The number of amides is 1. The SMILES string of the molecule is C=CC(=O)N1CCN(c2nc(=O)[nH]c3c2CN(C2CCc4ccccc42)C3)C2COCC21.COC1CCN(C)C1. The molecule has 10 heteroatoms. The number of likely N-dealkylation sites (N-methyl/N-ethyl adjacent to an activating group) is 1. The maximum Gasteiger partial charge on any atom is 0.347 e. The van der Waals surface area contributed by atoms with Crippen molar-refractivity contribution in [1.82, 2.24) is 24.7 Å². The first-order chi connectivity index (χ1) is 19.5. The minimum absolute atomic E-state index is 0.00712. The molecule has 7 rings (SSSR count). The van der Waals surface area contributed by atoms with E-state index in [0.717, 1.165) is 49.6 Å². The predicted octanol–water partition coefficient (Wildman–Crippen LogP) is 1.71. The van der Waals surface area contributed by atoms with Gasteiger partial charge < -0.3 is 29.2 Å². The first-order valence-electron chi connectivity index (χ1n) is 14.4. The Kier molecular flexibility index (Phi) is 7.76. The molecule has 10 nitrogen and oxygen atoms in total. The molecule has 1 aliphatic carbocycles. The van der Waals surface area contributed by atoms with E-state index in [2.05, 4.69) is 62.6 Å². The lowest BCUT2D eigenvalue weighted by Crippen LogP contribution is -2.61. The van der Waals surface area contributed by atoms with Crippen LogP contribution in [0.4, 0.5) is 5.82 Å². The molecule has 2 aromatic rings. The second-order valence-corrected chi connectivity index (χ2v) is 11.5. The lowest BCUT2D eigenvalue weighted by atomic mass is 10.0. The normalized spacial score (nSPS) is 27.6. The number of rotatable bonds is 4. The van der Waals surface area contributed by atoms with Crippen molar-refractivity contribution >= 4 is 11.7 Å². The molecule has 0 saturated carbocycles. The first kappa shape index (κ1) is 27.1. The number of nitrogens with one attached hydrogen (secondary N) is 1. The molecule has 0 radical (unpaired) electrons. The van der Waals surface area contributed by atoms with Gasteiger partial charge in [-0.15, -0.1) is 0 Å². The number of ether oxygens (including phenoxy) is 2. The summed E-state index contributed by atoms with van der Waals surface area (Å²) < 4.78 is 10.9. The van der Waals surface area contributed by atoms with Crippen LogP contribution in [0.5, 0.6) is 0 Å². The van der Waals surface area contributed by atoms with Gasteiger partial charge in [-0.1, -0.05) is 30.8 Å². The lowest BCUT2D eigenvalue weighted by Gasteiger charge is -2.44. The van der Waals surface area contributed by atoms with Crippen LogP contribution in [0.1, 0.15) is 41.3 Å². The van der Waals surface area contributed by atoms with Gasteiger partial charge in [0.25, 0.3) is 0 Å². The molecule has 4 unspecified atom stereocenters. The van der Waals surface area contributed by atoms with E-state index in [1.54, 1.807) is 7.11 Å². The number of benzene rings is 1. The summed E-state index contributed by atoms with van der Waals surface area (Å²) >= 11 is 0. The smallest absolute Gasteiger partial charge is 0.347 e. The summed E-state index contributed by atoms with van der Waals surface area (Å²) in [5.74, 6) is 0.684. The molecule has 1 aromatic carbocycles. The van der Waals surface area contributed by atoms with Gasteiger partial charge in [-0.2, -0.15) is 4.98 Å². The highest BCUT2D eigenvalue weighted by Gasteiger charge is 2.44. The monoisotopic (exact) mass is 548 g/mol. The van der Waals surface area contributed by atoms with Crippen molar-refractivity contribution in [3.05, 3.63) is 69.8 Å². The third-order valence-electron chi connectivity index (χ3n) is 9.18. The van der Waals surface area contributed by atoms with Gasteiger partial charge in [0, 0.05) is 63.7 Å². The fraction of sp³-hybridized carbons (Fsp3) is 0.567. The summed E-state index contributed by atoms with van der Waals surface area (Å²) in [6.45, 7) is 9.63. The number of nitrogens with zero attached hydrogens (tertiary/aromatic N) is 5. The van der Waals surface area contributed by atoms with Crippen LogP contribution < -0.4 is 10.6 Å². The summed E-state index contributed by atoms with van der Waals surface area (Å²) in [6, 6.07) is 8.97. The molecular weight excluding hydrogens is 508 g/mol. The molecular formula is C30H40N6O4. The standard InChI is InChI=1S/C24H27N5O3.C6H13NO/c1-2-22(30)28-9-10-29(21-14-32-13-20(21)28)23-17-11-27(12-18(17)25-24(31)26-23)19-8-7-15-5-3-4-6-16(15)19;1-7-4-3-6(5-7)8-2/h2-6,19-21H,1,7-14H2,(H,25,26,31);6H,3-5H2,1-2H3. The highest BCUT2D eigenvalue weighted by molar-refractivity contribution is 5.87. The Hall–Kier alpha value is -3.05. The Labute approximate surface area is 235 Å². The van der Waals surface area contributed by atoms with Gasteiger partial charge in [0.2, 0.25) is 5.91 Å². The fourth-order valence-electron chi connectivity index (χ4n) is 7.08. The largest absolute Gasteiger partial charge is 0.380 e. The maximum absolute atomic E-state index is 12.5. The van der Waals surface area contributed by atoms with Crippen molar-refractivity contribution in [2.45, 2.75) is 56.6 Å². The van der Waals surface area contributed by atoms with Crippen molar-refractivity contribution in [2.24, 2.45) is 0 Å². The summed E-state index contributed by atoms with van der Waals surface area (Å²) in [5.41, 5.74) is 4.58. The summed E-state index contributed by atoms with van der Waals surface area (Å²) in [5, 5.41) is 0. The fourth-order valence-corrected chi connectivity index (χ4v) is 7.08. The molecule has 5 aliphatic rings. The molecule has 4 atom stereocenters. The molecule has 0 bridgehead atoms. The van der Waals surface area contributed by atoms with Crippen LogP contribution >= 0.6 is 0 Å². The highest BCUT2D eigenvalue weighted by atomic mass is 16.5. The molecule has 3 saturated heterocycles. The van der Waals surface area contributed by atoms with E-state index in [-0.39, 0.29) is 23.7 Å². The first-order valence-corrected chi connectivity index (χ1v) is 14.4. The molecule has 1 amide bonds. The van der Waals surface area contributed by atoms with E-state index in [4.69, 9.17) is 9.47 Å². The second kappa shape index (κ2) is 11.4. The van der Waals surface area contributed by atoms with E-state index < -0.39 is 0 Å². The van der Waals surface area contributed by atoms with Crippen molar-refractivity contribution in [1.29, 1.82) is 0 Å². The maximum atomic E-state index is 12.5. The number of methoxy groups -OCH3 is 1. The number of piperazine rings is 1. The van der Waals surface area contributed by atoms with Crippen molar-refractivity contribution in [3.63, 3.8) is 0 Å². The Morgan fingerprint density at radius 3 is 2.73 bits per heavy atom. The number of fused-ring (bicyclic) bond motifs is 3. The highest BCUT2D eigenvalue weighted by Crippen LogP contribution is 2.41.